The summed E-state index contributed by atoms with van der Waals surface area (Å²) in [6.45, 7) is 2.81. The molecule has 0 aromatic carbocycles. The van der Waals surface area contributed by atoms with Crippen LogP contribution in [0.25, 0.3) is 0 Å². The number of aromatic nitrogens is 2. The summed E-state index contributed by atoms with van der Waals surface area (Å²) >= 11 is 6.18. The molecule has 1 aromatic rings. The van der Waals surface area contributed by atoms with Crippen LogP contribution >= 0.6 is 11.6 Å². The molecular formula is C11H15ClN2O2. The molecule has 0 amide bonds. The predicted octanol–water partition coefficient (Wildman–Crippen LogP) is 2.14. The van der Waals surface area contributed by atoms with Crippen molar-refractivity contribution in [2.45, 2.75) is 39.2 Å². The summed E-state index contributed by atoms with van der Waals surface area (Å²) in [5.74, 6) is 0.416. The Labute approximate surface area is 99.2 Å². The third kappa shape index (κ3) is 2.07. The Morgan fingerprint density at radius 3 is 3.06 bits per heavy atom. The number of rotatable bonds is 3. The van der Waals surface area contributed by atoms with Crippen molar-refractivity contribution in [3.05, 3.63) is 16.7 Å². The quantitative estimate of drug-likeness (QED) is 0.884. The molecule has 0 bridgehead atoms. The molecule has 0 aliphatic carbocycles. The molecule has 0 fully saturated rings. The van der Waals surface area contributed by atoms with Gasteiger partial charge in [0.05, 0.1) is 5.69 Å². The Bertz CT molecular complexity index is 414. The van der Waals surface area contributed by atoms with Crippen LogP contribution in [-0.4, -0.2) is 20.6 Å². The molecule has 2 rings (SSSR count). The number of carbonyl (C=O) groups is 1. The van der Waals surface area contributed by atoms with E-state index in [4.69, 9.17) is 16.7 Å². The molecule has 0 spiro atoms. The first-order valence-electron chi connectivity index (χ1n) is 5.57. The summed E-state index contributed by atoms with van der Waals surface area (Å²) in [5, 5.41) is 9.49. The molecule has 1 unspecified atom stereocenters. The van der Waals surface area contributed by atoms with Crippen LogP contribution in [0.4, 0.5) is 0 Å². The van der Waals surface area contributed by atoms with Gasteiger partial charge in [0.15, 0.2) is 0 Å². The zero-order valence-corrected chi connectivity index (χ0v) is 10.00. The molecule has 2 heterocycles. The van der Waals surface area contributed by atoms with Gasteiger partial charge in [0.25, 0.3) is 0 Å². The van der Waals surface area contributed by atoms with Crippen molar-refractivity contribution in [1.29, 1.82) is 0 Å². The van der Waals surface area contributed by atoms with Crippen molar-refractivity contribution in [2.24, 2.45) is 5.92 Å². The van der Waals surface area contributed by atoms with Gasteiger partial charge in [0.2, 0.25) is 0 Å². The van der Waals surface area contributed by atoms with E-state index in [1.54, 1.807) is 0 Å². The molecule has 5 heteroatoms. The minimum Gasteiger partial charge on any atom is -0.481 e. The zero-order chi connectivity index (χ0) is 11.7. The summed E-state index contributed by atoms with van der Waals surface area (Å²) in [7, 11) is 0. The van der Waals surface area contributed by atoms with E-state index in [0.717, 1.165) is 42.5 Å². The van der Waals surface area contributed by atoms with Gasteiger partial charge in [-0.05, 0) is 18.8 Å². The van der Waals surface area contributed by atoms with E-state index in [1.165, 1.54) is 0 Å². The van der Waals surface area contributed by atoms with E-state index in [0.29, 0.717) is 0 Å². The van der Waals surface area contributed by atoms with Crippen LogP contribution in [0.2, 0.25) is 5.15 Å². The largest absolute Gasteiger partial charge is 0.481 e. The average molecular weight is 243 g/mol. The van der Waals surface area contributed by atoms with Crippen LogP contribution in [0.3, 0.4) is 0 Å². The number of hydrogen-bond acceptors (Lipinski definition) is 2. The predicted molar refractivity (Wildman–Crippen MR) is 60.7 cm³/mol. The Morgan fingerprint density at radius 1 is 1.69 bits per heavy atom. The lowest BCUT2D eigenvalue weighted by Crippen LogP contribution is -2.21. The fourth-order valence-corrected chi connectivity index (χ4v) is 2.59. The molecule has 0 radical (unpaired) electrons. The van der Waals surface area contributed by atoms with E-state index in [2.05, 4.69) is 4.98 Å². The first-order valence-corrected chi connectivity index (χ1v) is 5.95. The van der Waals surface area contributed by atoms with Crippen molar-refractivity contribution in [2.75, 3.05) is 0 Å². The average Bonchev–Trinajstić information content (AvgIpc) is 2.54. The highest BCUT2D eigenvalue weighted by Gasteiger charge is 2.24. The number of imidazole rings is 1. The number of halogens is 1. The number of fused-ring (bicyclic) bond motifs is 1. The summed E-state index contributed by atoms with van der Waals surface area (Å²) in [4.78, 5) is 15.1. The number of aliphatic carboxylic acids is 1. The Kier molecular flexibility index (Phi) is 3.19. The van der Waals surface area contributed by atoms with Crippen molar-refractivity contribution < 1.29 is 9.90 Å². The molecule has 4 nitrogen and oxygen atoms in total. The van der Waals surface area contributed by atoms with Crippen LogP contribution in [0.15, 0.2) is 0 Å². The van der Waals surface area contributed by atoms with Gasteiger partial charge in [-0.1, -0.05) is 18.5 Å². The Hall–Kier alpha value is -1.03. The molecule has 88 valence electrons. The topological polar surface area (TPSA) is 55.1 Å². The van der Waals surface area contributed by atoms with Crippen LogP contribution in [-0.2, 0) is 24.2 Å². The number of nitrogens with zero attached hydrogens (tertiary/aromatic N) is 2. The smallest absolute Gasteiger partial charge is 0.303 e. The van der Waals surface area contributed by atoms with Gasteiger partial charge in [-0.25, -0.2) is 4.98 Å². The summed E-state index contributed by atoms with van der Waals surface area (Å²) in [6, 6.07) is 0. The highest BCUT2D eigenvalue weighted by molar-refractivity contribution is 6.30. The van der Waals surface area contributed by atoms with Gasteiger partial charge in [0, 0.05) is 19.4 Å². The van der Waals surface area contributed by atoms with Gasteiger partial charge in [0.1, 0.15) is 11.0 Å². The lowest BCUT2D eigenvalue weighted by atomic mass is 9.94. The van der Waals surface area contributed by atoms with E-state index in [9.17, 15) is 4.79 Å². The summed E-state index contributed by atoms with van der Waals surface area (Å²) in [6.07, 6.45) is 2.65. The molecule has 0 saturated carbocycles. The SMILES string of the molecule is CCc1nc2n(c1Cl)CCC(CC(=O)O)C2. The standard InChI is InChI=1S/C11H15ClN2O2/c1-2-8-11(12)14-4-3-7(6-10(15)16)5-9(14)13-8/h7H,2-6H2,1H3,(H,15,16). The summed E-state index contributed by atoms with van der Waals surface area (Å²) in [5.41, 5.74) is 0.924. The number of carboxylic acid groups (broad SMARTS) is 1. The minimum atomic E-state index is -0.730. The normalized spacial score (nSPS) is 19.5. The van der Waals surface area contributed by atoms with Gasteiger partial charge in [-0.3, -0.25) is 4.79 Å². The molecule has 16 heavy (non-hydrogen) atoms. The number of carboxylic acids is 1. The number of aryl methyl sites for hydroxylation is 1. The fourth-order valence-electron chi connectivity index (χ4n) is 2.23. The lowest BCUT2D eigenvalue weighted by Gasteiger charge is -2.22. The third-order valence-corrected chi connectivity index (χ3v) is 3.50. The zero-order valence-electron chi connectivity index (χ0n) is 9.24. The second-order valence-corrected chi connectivity index (χ2v) is 4.59. The molecule has 1 aliphatic heterocycles. The van der Waals surface area contributed by atoms with Crippen molar-refractivity contribution in [3.8, 4) is 0 Å². The lowest BCUT2D eigenvalue weighted by molar-refractivity contribution is -0.138. The van der Waals surface area contributed by atoms with Crippen molar-refractivity contribution in [3.63, 3.8) is 0 Å². The molecule has 1 atom stereocenters. The maximum atomic E-state index is 10.7. The second-order valence-electron chi connectivity index (χ2n) is 4.23. The van der Waals surface area contributed by atoms with Crippen molar-refractivity contribution >= 4 is 17.6 Å². The number of hydrogen-bond donors (Lipinski definition) is 1. The maximum absolute atomic E-state index is 10.7. The highest BCUT2D eigenvalue weighted by Crippen LogP contribution is 2.28. The molecule has 0 saturated heterocycles. The monoisotopic (exact) mass is 242 g/mol. The minimum absolute atomic E-state index is 0.202. The van der Waals surface area contributed by atoms with Gasteiger partial charge in [-0.2, -0.15) is 0 Å². The Morgan fingerprint density at radius 2 is 2.44 bits per heavy atom. The van der Waals surface area contributed by atoms with Gasteiger partial charge < -0.3 is 9.67 Å². The fraction of sp³-hybridized carbons (Fsp3) is 0.636. The van der Waals surface area contributed by atoms with Crippen LogP contribution in [0.5, 0.6) is 0 Å². The second kappa shape index (κ2) is 4.45. The first-order chi connectivity index (χ1) is 7.61. The van der Waals surface area contributed by atoms with E-state index < -0.39 is 5.97 Å². The third-order valence-electron chi connectivity index (χ3n) is 3.08. The molecular weight excluding hydrogens is 228 g/mol. The molecule has 1 aromatic heterocycles. The van der Waals surface area contributed by atoms with Crippen molar-refractivity contribution in [1.82, 2.24) is 9.55 Å². The van der Waals surface area contributed by atoms with E-state index in [1.807, 2.05) is 11.5 Å². The van der Waals surface area contributed by atoms with Gasteiger partial charge in [-0.15, -0.1) is 0 Å². The van der Waals surface area contributed by atoms with E-state index >= 15 is 0 Å². The Balaban J connectivity index is 2.18. The molecule has 1 N–H and O–H groups in total. The highest BCUT2D eigenvalue weighted by atomic mass is 35.5. The van der Waals surface area contributed by atoms with Crippen LogP contribution < -0.4 is 0 Å². The summed E-state index contributed by atoms with van der Waals surface area (Å²) < 4.78 is 2.01. The van der Waals surface area contributed by atoms with Crippen LogP contribution in [0, 0.1) is 5.92 Å². The maximum Gasteiger partial charge on any atom is 0.303 e. The first kappa shape index (κ1) is 11.5. The van der Waals surface area contributed by atoms with Gasteiger partial charge >= 0.3 is 5.97 Å². The molecule has 1 aliphatic rings. The van der Waals surface area contributed by atoms with Crippen LogP contribution in [0.1, 0.15) is 31.3 Å². The van der Waals surface area contributed by atoms with E-state index in [-0.39, 0.29) is 12.3 Å².